The van der Waals surface area contributed by atoms with Crippen molar-refractivity contribution in [2.24, 2.45) is 0 Å². The summed E-state index contributed by atoms with van der Waals surface area (Å²) in [4.78, 5) is 2.33. The Morgan fingerprint density at radius 1 is 0.415 bits per heavy atom. The van der Waals surface area contributed by atoms with E-state index in [9.17, 15) is 0 Å². The molecule has 0 aliphatic heterocycles. The molecule has 1 heterocycles. The van der Waals surface area contributed by atoms with Crippen LogP contribution in [0.1, 0.15) is 25.0 Å². The third kappa shape index (κ3) is 5.02. The number of anilines is 3. The van der Waals surface area contributed by atoms with E-state index < -0.39 is 0 Å². The molecular formula is C51H38N2. The first-order valence-corrected chi connectivity index (χ1v) is 18.4. The van der Waals surface area contributed by atoms with Gasteiger partial charge in [-0.2, -0.15) is 0 Å². The average Bonchev–Trinajstić information content (AvgIpc) is 3.67. The maximum atomic E-state index is 2.48. The van der Waals surface area contributed by atoms with Crippen LogP contribution in [0, 0.1) is 0 Å². The molecule has 252 valence electrons. The quantitative estimate of drug-likeness (QED) is 0.170. The summed E-state index contributed by atoms with van der Waals surface area (Å²) in [6.45, 7) is 4.80. The van der Waals surface area contributed by atoms with Gasteiger partial charge in [0.2, 0.25) is 0 Å². The molecule has 0 unspecified atom stereocenters. The number of nitrogens with zero attached hydrogens (tertiary/aromatic N) is 2. The minimum atomic E-state index is -0.197. The number of aromatic nitrogens is 1. The van der Waals surface area contributed by atoms with Gasteiger partial charge in [-0.15, -0.1) is 0 Å². The third-order valence-corrected chi connectivity index (χ3v) is 11.2. The first-order valence-electron chi connectivity index (χ1n) is 18.4. The van der Waals surface area contributed by atoms with Crippen molar-refractivity contribution in [2.45, 2.75) is 19.3 Å². The summed E-state index contributed by atoms with van der Waals surface area (Å²) in [6, 6.07) is 70.5. The van der Waals surface area contributed by atoms with Gasteiger partial charge in [0.25, 0.3) is 0 Å². The molecule has 0 spiro atoms. The van der Waals surface area contributed by atoms with Crippen molar-refractivity contribution in [2.75, 3.05) is 4.90 Å². The van der Waals surface area contributed by atoms with E-state index in [0.717, 1.165) is 17.1 Å². The van der Waals surface area contributed by atoms with Crippen molar-refractivity contribution >= 4 is 38.9 Å². The molecule has 1 aliphatic carbocycles. The van der Waals surface area contributed by atoms with Crippen LogP contribution in [0.3, 0.4) is 0 Å². The van der Waals surface area contributed by atoms with E-state index in [0.29, 0.717) is 0 Å². The monoisotopic (exact) mass is 678 g/mol. The molecule has 53 heavy (non-hydrogen) atoms. The zero-order valence-corrected chi connectivity index (χ0v) is 29.9. The molecule has 10 rings (SSSR count). The lowest BCUT2D eigenvalue weighted by molar-refractivity contribution is 0.664. The Kier molecular flexibility index (Phi) is 7.19. The van der Waals surface area contributed by atoms with Crippen LogP contribution >= 0.6 is 0 Å². The standard InChI is InChI=1S/C51H38N2/c1-51(2)47-34-38(26-31-43(47)45-32-33-46-44-20-12-13-21-48(44)53(50(46)49(45)51)40-18-10-5-11-19-40)37-24-29-42(30-25-37)52(39-16-8-4-9-17-39)41-27-22-36(23-28-41)35-14-6-3-7-15-35/h3-34H,1-2H3. The summed E-state index contributed by atoms with van der Waals surface area (Å²) in [6.07, 6.45) is 0. The summed E-state index contributed by atoms with van der Waals surface area (Å²) in [5, 5.41) is 2.59. The van der Waals surface area contributed by atoms with Gasteiger partial charge in [-0.3, -0.25) is 0 Å². The number of hydrogen-bond donors (Lipinski definition) is 0. The lowest BCUT2D eigenvalue weighted by Gasteiger charge is -2.26. The Balaban J connectivity index is 1.04. The maximum Gasteiger partial charge on any atom is 0.0588 e. The predicted molar refractivity (Wildman–Crippen MR) is 224 cm³/mol. The van der Waals surface area contributed by atoms with Crippen LogP contribution in [0.4, 0.5) is 17.1 Å². The maximum absolute atomic E-state index is 2.48. The lowest BCUT2D eigenvalue weighted by atomic mass is 9.80. The Labute approximate surface area is 310 Å². The zero-order chi connectivity index (χ0) is 35.5. The Morgan fingerprint density at radius 3 is 1.60 bits per heavy atom. The van der Waals surface area contributed by atoms with E-state index in [4.69, 9.17) is 0 Å². The molecule has 0 atom stereocenters. The lowest BCUT2D eigenvalue weighted by Crippen LogP contribution is -2.16. The van der Waals surface area contributed by atoms with Gasteiger partial charge in [0.15, 0.2) is 0 Å². The Bertz CT molecular complexity index is 2760. The van der Waals surface area contributed by atoms with Gasteiger partial charge in [0.05, 0.1) is 11.0 Å². The fourth-order valence-electron chi connectivity index (χ4n) is 8.63. The number of fused-ring (bicyclic) bond motifs is 7. The van der Waals surface area contributed by atoms with Crippen molar-refractivity contribution in [1.82, 2.24) is 4.57 Å². The second-order valence-corrected chi connectivity index (χ2v) is 14.6. The average molecular weight is 679 g/mol. The first kappa shape index (κ1) is 31.1. The molecule has 1 aromatic heterocycles. The fraction of sp³-hybridized carbons (Fsp3) is 0.0588. The van der Waals surface area contributed by atoms with Crippen LogP contribution < -0.4 is 4.90 Å². The highest BCUT2D eigenvalue weighted by molar-refractivity contribution is 6.13. The largest absolute Gasteiger partial charge is 0.311 e. The third-order valence-electron chi connectivity index (χ3n) is 11.2. The topological polar surface area (TPSA) is 8.17 Å². The molecule has 0 bridgehead atoms. The van der Waals surface area contributed by atoms with E-state index in [1.165, 1.54) is 72.0 Å². The molecule has 1 aliphatic rings. The molecule has 0 N–H and O–H groups in total. The van der Waals surface area contributed by atoms with E-state index in [2.05, 4.69) is 217 Å². The van der Waals surface area contributed by atoms with E-state index in [1.54, 1.807) is 0 Å². The minimum absolute atomic E-state index is 0.197. The number of benzene rings is 8. The highest BCUT2D eigenvalue weighted by atomic mass is 15.1. The highest BCUT2D eigenvalue weighted by Gasteiger charge is 2.39. The first-order chi connectivity index (χ1) is 26.1. The summed E-state index contributed by atoms with van der Waals surface area (Å²) in [5.74, 6) is 0. The van der Waals surface area contributed by atoms with Crippen molar-refractivity contribution < 1.29 is 0 Å². The summed E-state index contributed by atoms with van der Waals surface area (Å²) in [5.41, 5.74) is 17.2. The highest BCUT2D eigenvalue weighted by Crippen LogP contribution is 2.53. The van der Waals surface area contributed by atoms with Crippen LogP contribution in [0.15, 0.2) is 194 Å². The number of rotatable bonds is 6. The fourth-order valence-corrected chi connectivity index (χ4v) is 8.63. The second-order valence-electron chi connectivity index (χ2n) is 14.6. The zero-order valence-electron chi connectivity index (χ0n) is 29.9. The second kappa shape index (κ2) is 12.3. The number of para-hydroxylation sites is 3. The smallest absolute Gasteiger partial charge is 0.0588 e. The van der Waals surface area contributed by atoms with Crippen LogP contribution in [-0.4, -0.2) is 4.57 Å². The van der Waals surface area contributed by atoms with E-state index >= 15 is 0 Å². The van der Waals surface area contributed by atoms with Gasteiger partial charge in [0.1, 0.15) is 0 Å². The summed E-state index contributed by atoms with van der Waals surface area (Å²) >= 11 is 0. The molecule has 0 amide bonds. The van der Waals surface area contributed by atoms with Crippen molar-refractivity contribution in [3.63, 3.8) is 0 Å². The van der Waals surface area contributed by atoms with Crippen molar-refractivity contribution in [3.8, 4) is 39.1 Å². The predicted octanol–water partition coefficient (Wildman–Crippen LogP) is 13.9. The molecule has 8 aromatic carbocycles. The molecule has 0 saturated heterocycles. The Hall–Kier alpha value is -6.64. The SMILES string of the molecule is CC1(C)c2cc(-c3ccc(N(c4ccccc4)c4ccc(-c5ccccc5)cc4)cc3)ccc2-c2ccc3c4ccccc4n(-c4ccccc4)c3c21. The van der Waals surface area contributed by atoms with Gasteiger partial charge in [-0.25, -0.2) is 0 Å². The summed E-state index contributed by atoms with van der Waals surface area (Å²) < 4.78 is 2.48. The van der Waals surface area contributed by atoms with Gasteiger partial charge >= 0.3 is 0 Å². The number of hydrogen-bond acceptors (Lipinski definition) is 1. The molecule has 2 heteroatoms. The molecule has 0 fully saturated rings. The molecule has 0 saturated carbocycles. The summed E-state index contributed by atoms with van der Waals surface area (Å²) in [7, 11) is 0. The van der Waals surface area contributed by atoms with Crippen LogP contribution in [0.2, 0.25) is 0 Å². The van der Waals surface area contributed by atoms with Crippen molar-refractivity contribution in [3.05, 3.63) is 205 Å². The van der Waals surface area contributed by atoms with Crippen LogP contribution in [0.5, 0.6) is 0 Å². The normalized spacial score (nSPS) is 12.9. The van der Waals surface area contributed by atoms with Crippen molar-refractivity contribution in [1.29, 1.82) is 0 Å². The van der Waals surface area contributed by atoms with Gasteiger partial charge in [-0.05, 0) is 105 Å². The van der Waals surface area contributed by atoms with Gasteiger partial charge < -0.3 is 9.47 Å². The molecular weight excluding hydrogens is 641 g/mol. The van der Waals surface area contributed by atoms with Gasteiger partial charge in [0, 0.05) is 38.9 Å². The van der Waals surface area contributed by atoms with Crippen LogP contribution in [-0.2, 0) is 5.41 Å². The van der Waals surface area contributed by atoms with Crippen LogP contribution in [0.25, 0.3) is 60.9 Å². The van der Waals surface area contributed by atoms with E-state index in [1.807, 2.05) is 0 Å². The minimum Gasteiger partial charge on any atom is -0.311 e. The van der Waals surface area contributed by atoms with Gasteiger partial charge in [-0.1, -0.05) is 147 Å². The van der Waals surface area contributed by atoms with E-state index in [-0.39, 0.29) is 5.41 Å². The molecule has 0 radical (unpaired) electrons. The molecule has 2 nitrogen and oxygen atoms in total. The molecule has 9 aromatic rings. The Morgan fingerprint density at radius 2 is 0.925 bits per heavy atom.